The largest absolute Gasteiger partial charge is 0.444 e. The lowest BCUT2D eigenvalue weighted by atomic mass is 9.89. The summed E-state index contributed by atoms with van der Waals surface area (Å²) in [6.45, 7) is 13.5. The number of hydrogen-bond acceptors (Lipinski definition) is 3. The number of piperidine rings is 1. The highest BCUT2D eigenvalue weighted by Crippen LogP contribution is 2.37. The molecule has 0 aromatic rings. The first-order chi connectivity index (χ1) is 10.2. The van der Waals surface area contributed by atoms with Crippen molar-refractivity contribution in [1.29, 1.82) is 0 Å². The Morgan fingerprint density at radius 2 is 1.91 bits per heavy atom. The standard InChI is InChI=1S/C18H34N2O2/c1-13(2)10-20-11-15(8-14-6-7-14)9-16(12-20)19-17(21)22-18(3,4)5/h13-16H,6-12H2,1-5H3,(H,19,21). The van der Waals surface area contributed by atoms with E-state index in [1.165, 1.54) is 25.8 Å². The zero-order chi connectivity index (χ0) is 16.3. The van der Waals surface area contributed by atoms with Crippen molar-refractivity contribution in [2.75, 3.05) is 19.6 Å². The third-order valence-corrected chi connectivity index (χ3v) is 4.32. The number of nitrogens with zero attached hydrogens (tertiary/aromatic N) is 1. The van der Waals surface area contributed by atoms with Gasteiger partial charge in [-0.2, -0.15) is 0 Å². The van der Waals surface area contributed by atoms with Gasteiger partial charge < -0.3 is 15.0 Å². The highest BCUT2D eigenvalue weighted by atomic mass is 16.6. The van der Waals surface area contributed by atoms with E-state index in [2.05, 4.69) is 24.1 Å². The summed E-state index contributed by atoms with van der Waals surface area (Å²) in [7, 11) is 0. The minimum atomic E-state index is -0.427. The first kappa shape index (κ1) is 17.6. The Kier molecular flexibility index (Phi) is 5.76. The molecule has 22 heavy (non-hydrogen) atoms. The summed E-state index contributed by atoms with van der Waals surface area (Å²) in [5.74, 6) is 2.34. The number of likely N-dealkylation sites (tertiary alicyclic amines) is 1. The van der Waals surface area contributed by atoms with E-state index in [9.17, 15) is 4.79 Å². The number of hydrogen-bond donors (Lipinski definition) is 1. The fourth-order valence-electron chi connectivity index (χ4n) is 3.54. The molecule has 2 rings (SSSR count). The maximum atomic E-state index is 12.0. The molecule has 1 N–H and O–H groups in total. The molecule has 0 bridgehead atoms. The number of alkyl carbamates (subject to hydrolysis) is 1. The van der Waals surface area contributed by atoms with Crippen LogP contribution in [0.25, 0.3) is 0 Å². The molecule has 0 aromatic carbocycles. The molecule has 0 radical (unpaired) electrons. The van der Waals surface area contributed by atoms with Gasteiger partial charge >= 0.3 is 6.09 Å². The van der Waals surface area contributed by atoms with Gasteiger partial charge in [0.25, 0.3) is 0 Å². The zero-order valence-electron chi connectivity index (χ0n) is 15.0. The molecule has 4 heteroatoms. The van der Waals surface area contributed by atoms with Crippen molar-refractivity contribution in [2.45, 2.75) is 71.9 Å². The average molecular weight is 310 g/mol. The summed E-state index contributed by atoms with van der Waals surface area (Å²) in [6.07, 6.45) is 4.98. The van der Waals surface area contributed by atoms with Crippen LogP contribution in [0.5, 0.6) is 0 Å². The third-order valence-electron chi connectivity index (χ3n) is 4.32. The number of carbonyl (C=O) groups is 1. The third kappa shape index (κ3) is 6.55. The van der Waals surface area contributed by atoms with Crippen LogP contribution in [0.15, 0.2) is 0 Å². The molecule has 4 nitrogen and oxygen atoms in total. The van der Waals surface area contributed by atoms with Crippen LogP contribution in [0.4, 0.5) is 4.79 Å². The minimum absolute atomic E-state index is 0.228. The van der Waals surface area contributed by atoms with Gasteiger partial charge in [0.2, 0.25) is 0 Å². The second-order valence-corrected chi connectivity index (χ2v) is 8.74. The summed E-state index contributed by atoms with van der Waals surface area (Å²) in [4.78, 5) is 14.6. The van der Waals surface area contributed by atoms with Gasteiger partial charge in [-0.1, -0.05) is 26.7 Å². The highest BCUT2D eigenvalue weighted by Gasteiger charge is 2.33. The number of ether oxygens (including phenoxy) is 1. The molecule has 2 fully saturated rings. The summed E-state index contributed by atoms with van der Waals surface area (Å²) in [6, 6.07) is 0.228. The molecule has 2 atom stereocenters. The quantitative estimate of drug-likeness (QED) is 0.842. The van der Waals surface area contributed by atoms with E-state index in [1.807, 2.05) is 20.8 Å². The lowest BCUT2D eigenvalue weighted by Gasteiger charge is -2.39. The van der Waals surface area contributed by atoms with Gasteiger partial charge in [0.15, 0.2) is 0 Å². The molecular weight excluding hydrogens is 276 g/mol. The molecule has 1 aliphatic carbocycles. The molecule has 1 aliphatic heterocycles. The average Bonchev–Trinajstić information content (AvgIpc) is 3.08. The summed E-state index contributed by atoms with van der Waals surface area (Å²) >= 11 is 0. The van der Waals surface area contributed by atoms with Crippen molar-refractivity contribution in [1.82, 2.24) is 10.2 Å². The molecule has 2 unspecified atom stereocenters. The van der Waals surface area contributed by atoms with Gasteiger partial charge in [0.1, 0.15) is 5.60 Å². The Morgan fingerprint density at radius 3 is 2.45 bits per heavy atom. The normalized spacial score (nSPS) is 27.0. The highest BCUT2D eigenvalue weighted by molar-refractivity contribution is 5.68. The smallest absolute Gasteiger partial charge is 0.407 e. The number of nitrogens with one attached hydrogen (secondary N) is 1. The van der Waals surface area contributed by atoms with Crippen LogP contribution >= 0.6 is 0 Å². The lowest BCUT2D eigenvalue weighted by Crippen LogP contribution is -2.52. The van der Waals surface area contributed by atoms with Crippen molar-refractivity contribution >= 4 is 6.09 Å². The summed E-state index contributed by atoms with van der Waals surface area (Å²) in [5, 5.41) is 3.10. The van der Waals surface area contributed by atoms with Crippen LogP contribution in [0.1, 0.15) is 60.3 Å². The van der Waals surface area contributed by atoms with Gasteiger partial charge in [-0.3, -0.25) is 0 Å². The molecule has 1 saturated carbocycles. The molecular formula is C18H34N2O2. The van der Waals surface area contributed by atoms with Crippen LogP contribution < -0.4 is 5.32 Å². The van der Waals surface area contributed by atoms with E-state index in [1.54, 1.807) is 0 Å². The maximum Gasteiger partial charge on any atom is 0.407 e. The first-order valence-electron chi connectivity index (χ1n) is 8.93. The van der Waals surface area contributed by atoms with E-state index in [-0.39, 0.29) is 12.1 Å². The predicted molar refractivity (Wildman–Crippen MR) is 89.9 cm³/mol. The fraction of sp³-hybridized carbons (Fsp3) is 0.944. The predicted octanol–water partition coefficient (Wildman–Crippen LogP) is 3.66. The van der Waals surface area contributed by atoms with Crippen LogP contribution in [-0.4, -0.2) is 42.3 Å². The summed E-state index contributed by atoms with van der Waals surface area (Å²) in [5.41, 5.74) is -0.427. The monoisotopic (exact) mass is 310 g/mol. The Hall–Kier alpha value is -0.770. The van der Waals surface area contributed by atoms with Gasteiger partial charge in [-0.15, -0.1) is 0 Å². The molecule has 2 aliphatic rings. The summed E-state index contributed by atoms with van der Waals surface area (Å²) < 4.78 is 5.42. The van der Waals surface area contributed by atoms with E-state index >= 15 is 0 Å². The van der Waals surface area contributed by atoms with Crippen molar-refractivity contribution in [2.24, 2.45) is 17.8 Å². The second-order valence-electron chi connectivity index (χ2n) is 8.74. The van der Waals surface area contributed by atoms with E-state index in [0.717, 1.165) is 31.3 Å². The molecule has 0 aromatic heterocycles. The molecule has 1 heterocycles. The van der Waals surface area contributed by atoms with Gasteiger partial charge in [-0.05, 0) is 51.4 Å². The van der Waals surface area contributed by atoms with E-state index in [0.29, 0.717) is 5.92 Å². The van der Waals surface area contributed by atoms with Crippen LogP contribution in [-0.2, 0) is 4.74 Å². The fourth-order valence-corrected chi connectivity index (χ4v) is 3.54. The van der Waals surface area contributed by atoms with Crippen LogP contribution in [0.3, 0.4) is 0 Å². The first-order valence-corrected chi connectivity index (χ1v) is 8.93. The minimum Gasteiger partial charge on any atom is -0.444 e. The van der Waals surface area contributed by atoms with Crippen LogP contribution in [0.2, 0.25) is 0 Å². The SMILES string of the molecule is CC(C)CN1CC(CC2CC2)CC(NC(=O)OC(C)(C)C)C1. The zero-order valence-corrected chi connectivity index (χ0v) is 15.0. The van der Waals surface area contributed by atoms with Gasteiger partial charge in [0, 0.05) is 25.7 Å². The van der Waals surface area contributed by atoms with Gasteiger partial charge in [-0.25, -0.2) is 4.79 Å². The molecule has 1 amide bonds. The Bertz CT molecular complexity index is 360. The Labute approximate surface area is 136 Å². The van der Waals surface area contributed by atoms with Crippen molar-refractivity contribution in [3.63, 3.8) is 0 Å². The van der Waals surface area contributed by atoms with Gasteiger partial charge in [0.05, 0.1) is 0 Å². The molecule has 128 valence electrons. The number of carbonyl (C=O) groups excluding carboxylic acids is 1. The van der Waals surface area contributed by atoms with Crippen molar-refractivity contribution < 1.29 is 9.53 Å². The number of rotatable bonds is 5. The van der Waals surface area contributed by atoms with Crippen LogP contribution in [0, 0.1) is 17.8 Å². The second kappa shape index (κ2) is 7.20. The van der Waals surface area contributed by atoms with Crippen molar-refractivity contribution in [3.8, 4) is 0 Å². The Balaban J connectivity index is 1.88. The Morgan fingerprint density at radius 1 is 1.23 bits per heavy atom. The van der Waals surface area contributed by atoms with Crippen molar-refractivity contribution in [3.05, 3.63) is 0 Å². The number of amides is 1. The lowest BCUT2D eigenvalue weighted by molar-refractivity contribution is 0.0437. The molecule has 1 saturated heterocycles. The topological polar surface area (TPSA) is 41.6 Å². The maximum absolute atomic E-state index is 12.0. The molecule has 0 spiro atoms. The van der Waals surface area contributed by atoms with E-state index < -0.39 is 5.60 Å². The van der Waals surface area contributed by atoms with E-state index in [4.69, 9.17) is 4.74 Å².